The van der Waals surface area contributed by atoms with Gasteiger partial charge in [0, 0.05) is 28.5 Å². The molecule has 0 unspecified atom stereocenters. The van der Waals surface area contributed by atoms with Crippen LogP contribution >= 0.6 is 0 Å². The number of fused-ring (bicyclic) bond motifs is 1. The van der Waals surface area contributed by atoms with Gasteiger partial charge >= 0.3 is 21.1 Å². The Morgan fingerprint density at radius 2 is 1.61 bits per heavy atom. The number of pyridine rings is 1. The predicted octanol–water partition coefficient (Wildman–Crippen LogP) is 4.03. The molecule has 7 nitrogen and oxygen atoms in total. The summed E-state index contributed by atoms with van der Waals surface area (Å²) in [4.78, 5) is 12.7. The molecule has 0 amide bonds. The number of benzene rings is 1. The molecule has 0 fully saturated rings. The van der Waals surface area contributed by atoms with Crippen LogP contribution in [0.4, 0.5) is 11.4 Å². The number of anilines is 2. The monoisotopic (exact) mass is 593 g/mol. The molecule has 3 aromatic rings. The molecule has 0 saturated carbocycles. The Balaban J connectivity index is 0.00000231. The van der Waals surface area contributed by atoms with Crippen LogP contribution in [-0.4, -0.2) is 33.3 Å². The van der Waals surface area contributed by atoms with Gasteiger partial charge in [-0.05, 0) is 52.7 Å². The largest absolute Gasteiger partial charge is 4.00 e. The summed E-state index contributed by atoms with van der Waals surface area (Å²) in [7, 11) is 3.97. The number of aromatic nitrogens is 2. The van der Waals surface area contributed by atoms with Crippen molar-refractivity contribution in [3.05, 3.63) is 86.1 Å². The van der Waals surface area contributed by atoms with Crippen molar-refractivity contribution in [3.8, 4) is 11.5 Å². The van der Waals surface area contributed by atoms with Crippen molar-refractivity contribution in [2.24, 2.45) is 0 Å². The van der Waals surface area contributed by atoms with Crippen molar-refractivity contribution >= 4 is 17.0 Å². The number of imidazole rings is 1. The van der Waals surface area contributed by atoms with Crippen LogP contribution in [0.5, 0.6) is 11.5 Å². The Bertz CT molecular complexity index is 1170. The van der Waals surface area contributed by atoms with Gasteiger partial charge in [-0.25, -0.2) is 0 Å². The van der Waals surface area contributed by atoms with Gasteiger partial charge in [0.2, 0.25) is 0 Å². The minimum atomic E-state index is 0. The zero-order valence-corrected chi connectivity index (χ0v) is 20.0. The summed E-state index contributed by atoms with van der Waals surface area (Å²) in [6.07, 6.45) is 9.85. The minimum absolute atomic E-state index is 0. The maximum atomic E-state index is 6.19. The fourth-order valence-corrected chi connectivity index (χ4v) is 3.45. The van der Waals surface area contributed by atoms with Crippen LogP contribution < -0.4 is 14.5 Å². The minimum Gasteiger partial charge on any atom is -0.510 e. The first-order chi connectivity index (χ1) is 14.5. The molecule has 2 aromatic heterocycles. The second-order valence-electron chi connectivity index (χ2n) is 7.42. The molecule has 31 heavy (non-hydrogen) atoms. The van der Waals surface area contributed by atoms with Crippen LogP contribution in [-0.2, 0) is 21.1 Å². The molecule has 2 aliphatic heterocycles. The zero-order valence-electron chi connectivity index (χ0n) is 17.7. The Morgan fingerprint density at radius 3 is 2.29 bits per heavy atom. The summed E-state index contributed by atoms with van der Waals surface area (Å²) < 4.78 is 8.24. The fraction of sp³-hybridized carbons (Fsp3) is 0.174. The average Bonchev–Trinajstić information content (AvgIpc) is 3.43. The molecule has 8 heteroatoms. The summed E-state index contributed by atoms with van der Waals surface area (Å²) in [5.74, 6) is 1.22. The van der Waals surface area contributed by atoms with Crippen LogP contribution in [0.1, 0.15) is 11.4 Å². The van der Waals surface area contributed by atoms with E-state index < -0.39 is 0 Å². The number of ether oxygens (including phenoxy) is 1. The quantitative estimate of drug-likeness (QED) is 0.426. The standard InChI is InChI=1S/C23H22N6O.Pt/c1-17-18(2)29-14-21(13-22(23(29)24-17)28-11-9-26(4)16-28)30-20-7-5-6-19(12-20)27-10-8-25(3)15-27;/h5-11,14-16H,1-4H3;/q-4;+4. The van der Waals surface area contributed by atoms with E-state index in [1.165, 1.54) is 0 Å². The molecule has 5 rings (SSSR count). The molecule has 0 radical (unpaired) electrons. The molecule has 0 saturated heterocycles. The molecule has 1 aromatic carbocycles. The third-order valence-corrected chi connectivity index (χ3v) is 5.13. The van der Waals surface area contributed by atoms with Gasteiger partial charge in [0.05, 0.1) is 0 Å². The van der Waals surface area contributed by atoms with Gasteiger partial charge in [-0.15, -0.1) is 30.0 Å². The van der Waals surface area contributed by atoms with Gasteiger partial charge < -0.3 is 28.7 Å². The van der Waals surface area contributed by atoms with E-state index in [9.17, 15) is 0 Å². The van der Waals surface area contributed by atoms with Crippen LogP contribution in [0.3, 0.4) is 0 Å². The second kappa shape index (κ2) is 8.31. The van der Waals surface area contributed by atoms with Crippen LogP contribution in [0.15, 0.2) is 49.2 Å². The van der Waals surface area contributed by atoms with Crippen molar-refractivity contribution in [2.45, 2.75) is 13.8 Å². The van der Waals surface area contributed by atoms with E-state index in [-0.39, 0.29) is 21.1 Å². The van der Waals surface area contributed by atoms with Crippen LogP contribution in [0.25, 0.3) is 5.65 Å². The fourth-order valence-electron chi connectivity index (χ4n) is 3.45. The summed E-state index contributed by atoms with van der Waals surface area (Å²) in [5, 5.41) is 0. The van der Waals surface area contributed by atoms with Crippen LogP contribution in [0, 0.1) is 39.3 Å². The topological polar surface area (TPSA) is 39.5 Å². The van der Waals surface area contributed by atoms with E-state index >= 15 is 0 Å². The first kappa shape index (κ1) is 21.3. The van der Waals surface area contributed by atoms with E-state index in [0.717, 1.165) is 28.4 Å². The average molecular weight is 594 g/mol. The van der Waals surface area contributed by atoms with Gasteiger partial charge in [-0.3, -0.25) is 4.98 Å². The molecule has 0 spiro atoms. The Labute approximate surface area is 197 Å². The molecular weight excluding hydrogens is 571 g/mol. The van der Waals surface area contributed by atoms with E-state index in [1.54, 1.807) is 0 Å². The Hall–Kier alpha value is -2.92. The molecule has 0 aliphatic carbocycles. The number of hydrogen-bond acceptors (Lipinski definition) is 6. The van der Waals surface area contributed by atoms with Crippen molar-refractivity contribution in [1.82, 2.24) is 19.2 Å². The van der Waals surface area contributed by atoms with E-state index in [1.807, 2.05) is 108 Å². The molecular formula is C23H22N6OPt. The third kappa shape index (κ3) is 4.02. The maximum absolute atomic E-state index is 6.19. The normalized spacial score (nSPS) is 15.4. The van der Waals surface area contributed by atoms with Gasteiger partial charge in [-0.1, -0.05) is 11.9 Å². The molecule has 0 bridgehead atoms. The first-order valence-corrected chi connectivity index (χ1v) is 9.67. The Morgan fingerprint density at radius 1 is 0.903 bits per heavy atom. The molecule has 0 atom stereocenters. The second-order valence-corrected chi connectivity index (χ2v) is 7.42. The van der Waals surface area contributed by atoms with E-state index in [0.29, 0.717) is 11.5 Å². The van der Waals surface area contributed by atoms with Crippen molar-refractivity contribution < 1.29 is 25.8 Å². The molecule has 4 heterocycles. The summed E-state index contributed by atoms with van der Waals surface area (Å²) >= 11 is 0. The Kier molecular flexibility index (Phi) is 5.71. The number of hydrogen-bond donors (Lipinski definition) is 0. The summed E-state index contributed by atoms with van der Waals surface area (Å²) in [5.41, 5.74) is 4.62. The van der Waals surface area contributed by atoms with Crippen molar-refractivity contribution in [1.29, 1.82) is 0 Å². The summed E-state index contributed by atoms with van der Waals surface area (Å²) in [6.45, 7) is 8.03. The summed E-state index contributed by atoms with van der Waals surface area (Å²) in [6, 6.07) is 12.6. The van der Waals surface area contributed by atoms with Gasteiger partial charge in [0.1, 0.15) is 0 Å². The van der Waals surface area contributed by atoms with E-state index in [2.05, 4.69) is 19.1 Å². The SMILES string of the molecule is Cc1nc2c(N3C=CN(C)[CH-]3)[c-]c(Oc3[c-]c(N4C=CN(C)[CH-]4)ccc3)cn2c1C.[Pt+4]. The maximum Gasteiger partial charge on any atom is 4.00 e. The smallest absolute Gasteiger partial charge is 0.510 e. The number of aryl methyl sites for hydroxylation is 2. The van der Waals surface area contributed by atoms with Gasteiger partial charge in [0.25, 0.3) is 0 Å². The van der Waals surface area contributed by atoms with Crippen LogP contribution in [0.2, 0.25) is 0 Å². The van der Waals surface area contributed by atoms with Crippen molar-refractivity contribution in [3.63, 3.8) is 0 Å². The zero-order chi connectivity index (χ0) is 20.8. The van der Waals surface area contributed by atoms with Gasteiger partial charge in [0.15, 0.2) is 0 Å². The number of nitrogens with zero attached hydrogens (tertiary/aromatic N) is 6. The third-order valence-electron chi connectivity index (χ3n) is 5.13. The molecule has 0 N–H and O–H groups in total. The first-order valence-electron chi connectivity index (χ1n) is 9.67. The van der Waals surface area contributed by atoms with E-state index in [4.69, 9.17) is 9.72 Å². The molecule has 2 aliphatic rings. The van der Waals surface area contributed by atoms with Gasteiger partial charge in [-0.2, -0.15) is 19.4 Å². The predicted molar refractivity (Wildman–Crippen MR) is 116 cm³/mol. The number of rotatable bonds is 4. The molecule has 160 valence electrons. The van der Waals surface area contributed by atoms with Crippen molar-refractivity contribution in [2.75, 3.05) is 23.9 Å².